The quantitative estimate of drug-likeness (QED) is 0.895. The Morgan fingerprint density at radius 3 is 2.84 bits per heavy atom. The highest BCUT2D eigenvalue weighted by atomic mass is 16.3. The van der Waals surface area contributed by atoms with Crippen LogP contribution in [0.1, 0.15) is 55.4 Å². The Bertz CT molecular complexity index is 416. The van der Waals surface area contributed by atoms with Crippen molar-refractivity contribution in [3.05, 3.63) is 34.9 Å². The van der Waals surface area contributed by atoms with Gasteiger partial charge in [-0.25, -0.2) is 0 Å². The van der Waals surface area contributed by atoms with Gasteiger partial charge < -0.3 is 5.11 Å². The third-order valence-electron chi connectivity index (χ3n) is 4.42. The lowest BCUT2D eigenvalue weighted by Gasteiger charge is -2.36. The van der Waals surface area contributed by atoms with Crippen molar-refractivity contribution in [2.45, 2.75) is 58.6 Å². The van der Waals surface area contributed by atoms with Gasteiger partial charge in [0.25, 0.3) is 0 Å². The van der Waals surface area contributed by atoms with E-state index in [9.17, 15) is 5.11 Å². The average Bonchev–Trinajstić information content (AvgIpc) is 2.42. The molecule has 19 heavy (non-hydrogen) atoms. The SMILES string of the molecule is CCC1CCCCN1CC(O)c1cc(C)ccc1C. The van der Waals surface area contributed by atoms with Gasteiger partial charge in [-0.2, -0.15) is 0 Å². The van der Waals surface area contributed by atoms with Crippen LogP contribution in [0.3, 0.4) is 0 Å². The van der Waals surface area contributed by atoms with E-state index >= 15 is 0 Å². The molecule has 0 radical (unpaired) electrons. The molecule has 2 rings (SSSR count). The van der Waals surface area contributed by atoms with Crippen molar-refractivity contribution < 1.29 is 5.11 Å². The summed E-state index contributed by atoms with van der Waals surface area (Å²) in [6, 6.07) is 7.02. The first-order chi connectivity index (χ1) is 9.11. The van der Waals surface area contributed by atoms with E-state index in [2.05, 4.69) is 43.9 Å². The van der Waals surface area contributed by atoms with Crippen LogP contribution in [0, 0.1) is 13.8 Å². The molecule has 2 unspecified atom stereocenters. The number of rotatable bonds is 4. The first kappa shape index (κ1) is 14.5. The van der Waals surface area contributed by atoms with Crippen LogP contribution in [-0.2, 0) is 0 Å². The topological polar surface area (TPSA) is 23.5 Å². The van der Waals surface area contributed by atoms with Gasteiger partial charge in [0.15, 0.2) is 0 Å². The monoisotopic (exact) mass is 261 g/mol. The highest BCUT2D eigenvalue weighted by Crippen LogP contribution is 2.25. The summed E-state index contributed by atoms with van der Waals surface area (Å²) in [7, 11) is 0. The number of piperidine rings is 1. The van der Waals surface area contributed by atoms with Gasteiger partial charge in [-0.1, -0.05) is 37.1 Å². The van der Waals surface area contributed by atoms with E-state index in [4.69, 9.17) is 0 Å². The minimum Gasteiger partial charge on any atom is -0.387 e. The molecule has 1 aromatic rings. The number of aliphatic hydroxyl groups excluding tert-OH is 1. The molecule has 1 aromatic carbocycles. The summed E-state index contributed by atoms with van der Waals surface area (Å²) in [5, 5.41) is 10.5. The summed E-state index contributed by atoms with van der Waals surface area (Å²) in [4.78, 5) is 2.48. The Balaban J connectivity index is 2.07. The molecule has 1 fully saturated rings. The first-order valence-electron chi connectivity index (χ1n) is 7.61. The number of aryl methyl sites for hydroxylation is 2. The third-order valence-corrected chi connectivity index (χ3v) is 4.42. The van der Waals surface area contributed by atoms with Crippen molar-refractivity contribution in [2.75, 3.05) is 13.1 Å². The summed E-state index contributed by atoms with van der Waals surface area (Å²) in [6.07, 6.45) is 4.74. The Morgan fingerprint density at radius 1 is 1.32 bits per heavy atom. The lowest BCUT2D eigenvalue weighted by molar-refractivity contribution is 0.0653. The molecule has 1 heterocycles. The molecule has 0 bridgehead atoms. The van der Waals surface area contributed by atoms with E-state index in [-0.39, 0.29) is 6.10 Å². The van der Waals surface area contributed by atoms with Crippen LogP contribution in [0.25, 0.3) is 0 Å². The molecule has 0 amide bonds. The molecule has 106 valence electrons. The van der Waals surface area contributed by atoms with E-state index in [0.717, 1.165) is 18.7 Å². The van der Waals surface area contributed by atoms with Crippen LogP contribution in [0.2, 0.25) is 0 Å². The van der Waals surface area contributed by atoms with Gasteiger partial charge in [-0.15, -0.1) is 0 Å². The van der Waals surface area contributed by atoms with Crippen molar-refractivity contribution >= 4 is 0 Å². The van der Waals surface area contributed by atoms with Crippen molar-refractivity contribution in [2.24, 2.45) is 0 Å². The molecule has 2 atom stereocenters. The molecule has 1 saturated heterocycles. The summed E-state index contributed by atoms with van der Waals surface area (Å²) < 4.78 is 0. The molecule has 0 aliphatic carbocycles. The average molecular weight is 261 g/mol. The smallest absolute Gasteiger partial charge is 0.0919 e. The zero-order valence-corrected chi connectivity index (χ0v) is 12.5. The second kappa shape index (κ2) is 6.53. The predicted octanol–water partition coefficient (Wildman–Crippen LogP) is 3.60. The van der Waals surface area contributed by atoms with Crippen molar-refractivity contribution in [3.63, 3.8) is 0 Å². The Kier molecular flexibility index (Phi) is 5.00. The van der Waals surface area contributed by atoms with Crippen LogP contribution in [0.5, 0.6) is 0 Å². The van der Waals surface area contributed by atoms with E-state index in [1.54, 1.807) is 0 Å². The fourth-order valence-corrected chi connectivity index (χ4v) is 3.20. The van der Waals surface area contributed by atoms with Gasteiger partial charge in [0.2, 0.25) is 0 Å². The van der Waals surface area contributed by atoms with E-state index in [0.29, 0.717) is 6.04 Å². The molecular weight excluding hydrogens is 234 g/mol. The number of likely N-dealkylation sites (tertiary alicyclic amines) is 1. The maximum atomic E-state index is 10.5. The molecule has 2 nitrogen and oxygen atoms in total. The van der Waals surface area contributed by atoms with E-state index in [1.807, 2.05) is 0 Å². The second-order valence-corrected chi connectivity index (χ2v) is 5.93. The van der Waals surface area contributed by atoms with Gasteiger partial charge >= 0.3 is 0 Å². The molecule has 1 aliphatic heterocycles. The molecule has 1 aliphatic rings. The Morgan fingerprint density at radius 2 is 2.11 bits per heavy atom. The maximum Gasteiger partial charge on any atom is 0.0919 e. The van der Waals surface area contributed by atoms with Gasteiger partial charge in [0, 0.05) is 12.6 Å². The zero-order chi connectivity index (χ0) is 13.8. The summed E-state index contributed by atoms with van der Waals surface area (Å²) in [5.41, 5.74) is 3.52. The third kappa shape index (κ3) is 3.58. The number of hydrogen-bond donors (Lipinski definition) is 1. The minimum absolute atomic E-state index is 0.355. The van der Waals surface area contributed by atoms with Gasteiger partial charge in [0.1, 0.15) is 0 Å². The summed E-state index contributed by atoms with van der Waals surface area (Å²) in [6.45, 7) is 8.35. The molecule has 0 saturated carbocycles. The normalized spacial score (nSPS) is 22.4. The largest absolute Gasteiger partial charge is 0.387 e. The zero-order valence-electron chi connectivity index (χ0n) is 12.5. The highest BCUT2D eigenvalue weighted by Gasteiger charge is 2.23. The van der Waals surface area contributed by atoms with Gasteiger partial charge in [-0.3, -0.25) is 4.90 Å². The first-order valence-corrected chi connectivity index (χ1v) is 7.61. The minimum atomic E-state index is -0.355. The van der Waals surface area contributed by atoms with Crippen LogP contribution in [0.15, 0.2) is 18.2 Å². The summed E-state index contributed by atoms with van der Waals surface area (Å²) in [5.74, 6) is 0. The van der Waals surface area contributed by atoms with E-state index < -0.39 is 0 Å². The van der Waals surface area contributed by atoms with Crippen LogP contribution < -0.4 is 0 Å². The molecule has 0 spiro atoms. The van der Waals surface area contributed by atoms with Crippen LogP contribution in [0.4, 0.5) is 0 Å². The number of aliphatic hydroxyl groups is 1. The summed E-state index contributed by atoms with van der Waals surface area (Å²) >= 11 is 0. The number of β-amino-alcohol motifs (C(OH)–C–C–N with tert-alkyl or cyclic N) is 1. The van der Waals surface area contributed by atoms with Crippen molar-refractivity contribution in [3.8, 4) is 0 Å². The lowest BCUT2D eigenvalue weighted by atomic mass is 9.96. The van der Waals surface area contributed by atoms with Crippen molar-refractivity contribution in [1.82, 2.24) is 4.90 Å². The molecule has 0 aromatic heterocycles. The number of nitrogens with zero attached hydrogens (tertiary/aromatic N) is 1. The van der Waals surface area contributed by atoms with Crippen LogP contribution in [-0.4, -0.2) is 29.1 Å². The fraction of sp³-hybridized carbons (Fsp3) is 0.647. The highest BCUT2D eigenvalue weighted by molar-refractivity contribution is 5.32. The number of hydrogen-bond acceptors (Lipinski definition) is 2. The lowest BCUT2D eigenvalue weighted by Crippen LogP contribution is -2.41. The Labute approximate surface area is 117 Å². The fourth-order valence-electron chi connectivity index (χ4n) is 3.20. The molecule has 1 N–H and O–H groups in total. The van der Waals surface area contributed by atoms with E-state index in [1.165, 1.54) is 36.8 Å². The standard InChI is InChI=1S/C17H27NO/c1-4-15-7-5-6-10-18(15)12-17(19)16-11-13(2)8-9-14(16)3/h8-9,11,15,17,19H,4-7,10,12H2,1-3H3. The molecule has 2 heteroatoms. The second-order valence-electron chi connectivity index (χ2n) is 5.93. The predicted molar refractivity (Wildman–Crippen MR) is 80.4 cm³/mol. The van der Waals surface area contributed by atoms with Gasteiger partial charge in [0.05, 0.1) is 6.10 Å². The van der Waals surface area contributed by atoms with Crippen molar-refractivity contribution in [1.29, 1.82) is 0 Å². The van der Waals surface area contributed by atoms with Gasteiger partial charge in [-0.05, 0) is 50.8 Å². The maximum absolute atomic E-state index is 10.5. The number of benzene rings is 1. The molecular formula is C17H27NO. The Hall–Kier alpha value is -0.860. The van der Waals surface area contributed by atoms with Crippen LogP contribution >= 0.6 is 0 Å².